The maximum Gasteiger partial charge on any atom is 0.276 e. The van der Waals surface area contributed by atoms with Crippen molar-refractivity contribution in [1.82, 2.24) is 20.6 Å². The molecule has 0 saturated carbocycles. The highest BCUT2D eigenvalue weighted by Crippen LogP contribution is 2.23. The van der Waals surface area contributed by atoms with E-state index in [-0.39, 0.29) is 6.61 Å². The number of amides is 2. The van der Waals surface area contributed by atoms with Crippen molar-refractivity contribution in [3.63, 3.8) is 0 Å². The van der Waals surface area contributed by atoms with Gasteiger partial charge < -0.3 is 4.74 Å². The van der Waals surface area contributed by atoms with Gasteiger partial charge in [0.05, 0.1) is 22.9 Å². The molecule has 0 saturated heterocycles. The summed E-state index contributed by atoms with van der Waals surface area (Å²) in [6.45, 7) is 1.69. The third-order valence-corrected chi connectivity index (χ3v) is 4.97. The molecule has 0 bridgehead atoms. The van der Waals surface area contributed by atoms with Crippen molar-refractivity contribution in [3.8, 4) is 28.8 Å². The number of carbonyl (C=O) groups excluding carboxylic acids is 2. The molecule has 0 fully saturated rings. The van der Waals surface area contributed by atoms with Crippen LogP contribution in [0.5, 0.6) is 5.75 Å². The number of ether oxygens (including phenoxy) is 1. The Balaban J connectivity index is 1.46. The Labute approximate surface area is 196 Å². The van der Waals surface area contributed by atoms with Crippen LogP contribution in [0.1, 0.15) is 21.5 Å². The molecule has 0 aliphatic carbocycles. The molecule has 0 radical (unpaired) electrons. The number of nitriles is 1. The smallest absolute Gasteiger partial charge is 0.276 e. The second kappa shape index (κ2) is 10.1. The van der Waals surface area contributed by atoms with Gasteiger partial charge in [0.2, 0.25) is 0 Å². The number of aryl methyl sites for hydroxylation is 1. The summed E-state index contributed by atoms with van der Waals surface area (Å²) in [4.78, 5) is 25.1. The van der Waals surface area contributed by atoms with Crippen LogP contribution in [0.3, 0.4) is 0 Å². The molecule has 2 N–H and O–H groups in total. The Morgan fingerprint density at radius 2 is 1.68 bits per heavy atom. The predicted molar refractivity (Wildman–Crippen MR) is 126 cm³/mol. The number of aromatic nitrogens is 2. The van der Waals surface area contributed by atoms with Gasteiger partial charge in [-0.2, -0.15) is 10.4 Å². The fourth-order valence-corrected chi connectivity index (χ4v) is 3.18. The van der Waals surface area contributed by atoms with E-state index in [4.69, 9.17) is 10.00 Å². The van der Waals surface area contributed by atoms with E-state index in [1.54, 1.807) is 35.1 Å². The molecule has 168 valence electrons. The topological polar surface area (TPSA) is 109 Å². The van der Waals surface area contributed by atoms with Gasteiger partial charge in [0.1, 0.15) is 11.4 Å². The summed E-state index contributed by atoms with van der Waals surface area (Å²) in [6.07, 6.45) is 1.63. The van der Waals surface area contributed by atoms with E-state index in [1.165, 1.54) is 0 Å². The molecule has 1 heterocycles. The number of hydrogen-bond donors (Lipinski definition) is 2. The lowest BCUT2D eigenvalue weighted by Crippen LogP contribution is -2.43. The number of hydrogen-bond acceptors (Lipinski definition) is 5. The van der Waals surface area contributed by atoms with Gasteiger partial charge in [-0.3, -0.25) is 20.4 Å². The molecule has 3 aromatic carbocycles. The zero-order chi connectivity index (χ0) is 23.9. The van der Waals surface area contributed by atoms with Gasteiger partial charge in [-0.25, -0.2) is 4.68 Å². The van der Waals surface area contributed by atoms with Crippen molar-refractivity contribution < 1.29 is 14.3 Å². The number of rotatable bonds is 6. The summed E-state index contributed by atoms with van der Waals surface area (Å²) >= 11 is 0. The Morgan fingerprint density at radius 3 is 2.35 bits per heavy atom. The first-order valence-electron chi connectivity index (χ1n) is 10.5. The molecular weight excluding hydrogens is 430 g/mol. The first-order chi connectivity index (χ1) is 16.5. The highest BCUT2D eigenvalue weighted by molar-refractivity contribution is 6.00. The SMILES string of the molecule is Cc1ccc(-n2cc(C(=O)NNC(=O)COc3ccc(C#N)cc3)c(-c3ccccc3)n2)cc1. The second-order valence-corrected chi connectivity index (χ2v) is 7.46. The first-order valence-corrected chi connectivity index (χ1v) is 10.5. The highest BCUT2D eigenvalue weighted by atomic mass is 16.5. The first kappa shape index (κ1) is 22.3. The van der Waals surface area contributed by atoms with Crippen molar-refractivity contribution in [3.05, 3.63) is 102 Å². The minimum absolute atomic E-state index is 0.305. The zero-order valence-electron chi connectivity index (χ0n) is 18.4. The number of hydrazine groups is 1. The van der Waals surface area contributed by atoms with E-state index in [9.17, 15) is 9.59 Å². The Morgan fingerprint density at radius 1 is 0.971 bits per heavy atom. The van der Waals surface area contributed by atoms with Gasteiger partial charge in [0.25, 0.3) is 11.8 Å². The molecule has 8 nitrogen and oxygen atoms in total. The molecule has 0 aliphatic heterocycles. The third-order valence-electron chi connectivity index (χ3n) is 4.97. The van der Waals surface area contributed by atoms with Crippen molar-refractivity contribution in [2.24, 2.45) is 0 Å². The summed E-state index contributed by atoms with van der Waals surface area (Å²) in [6, 6.07) is 25.5. The predicted octanol–water partition coefficient (Wildman–Crippen LogP) is 3.56. The maximum atomic E-state index is 12.9. The van der Waals surface area contributed by atoms with Crippen molar-refractivity contribution in [1.29, 1.82) is 5.26 Å². The average molecular weight is 451 g/mol. The van der Waals surface area contributed by atoms with E-state index < -0.39 is 11.8 Å². The van der Waals surface area contributed by atoms with E-state index in [2.05, 4.69) is 16.0 Å². The molecule has 0 atom stereocenters. The average Bonchev–Trinajstić information content (AvgIpc) is 3.33. The van der Waals surface area contributed by atoms with E-state index in [0.717, 1.165) is 16.8 Å². The van der Waals surface area contributed by atoms with Crippen molar-refractivity contribution in [2.45, 2.75) is 6.92 Å². The molecule has 0 aliphatic rings. The lowest BCUT2D eigenvalue weighted by molar-refractivity contribution is -0.123. The Hall–Kier alpha value is -4.90. The summed E-state index contributed by atoms with van der Waals surface area (Å²) in [5, 5.41) is 13.4. The highest BCUT2D eigenvalue weighted by Gasteiger charge is 2.19. The molecule has 34 heavy (non-hydrogen) atoms. The number of nitrogens with one attached hydrogen (secondary N) is 2. The minimum atomic E-state index is -0.537. The lowest BCUT2D eigenvalue weighted by atomic mass is 10.1. The number of carbonyl (C=O) groups is 2. The van der Waals surface area contributed by atoms with Crippen LogP contribution in [-0.4, -0.2) is 28.2 Å². The van der Waals surface area contributed by atoms with Crippen LogP contribution in [0, 0.1) is 18.3 Å². The fourth-order valence-electron chi connectivity index (χ4n) is 3.18. The largest absolute Gasteiger partial charge is 0.484 e. The number of benzene rings is 3. The Bertz CT molecular complexity index is 1340. The standard InChI is InChI=1S/C26H21N5O3/c1-18-7-11-21(12-8-18)31-16-23(25(30-31)20-5-3-2-4-6-20)26(33)29-28-24(32)17-34-22-13-9-19(15-27)10-14-22/h2-14,16H,17H2,1H3,(H,28,32)(H,29,33). The molecule has 4 aromatic rings. The molecule has 0 spiro atoms. The van der Waals surface area contributed by atoms with E-state index in [0.29, 0.717) is 22.6 Å². The fraction of sp³-hybridized carbons (Fsp3) is 0.0769. The summed E-state index contributed by atoms with van der Waals surface area (Å²) in [7, 11) is 0. The van der Waals surface area contributed by atoms with Crippen LogP contribution in [-0.2, 0) is 4.79 Å². The van der Waals surface area contributed by atoms with E-state index in [1.807, 2.05) is 67.6 Å². The molecule has 8 heteroatoms. The maximum absolute atomic E-state index is 12.9. The normalized spacial score (nSPS) is 10.2. The van der Waals surface area contributed by atoms with Crippen LogP contribution < -0.4 is 15.6 Å². The van der Waals surface area contributed by atoms with Crippen LogP contribution in [0.25, 0.3) is 16.9 Å². The van der Waals surface area contributed by atoms with Crippen LogP contribution in [0.2, 0.25) is 0 Å². The van der Waals surface area contributed by atoms with Gasteiger partial charge in [0.15, 0.2) is 6.61 Å². The van der Waals surface area contributed by atoms with Crippen LogP contribution >= 0.6 is 0 Å². The summed E-state index contributed by atoms with van der Waals surface area (Å²) in [5.74, 6) is -0.611. The molecule has 1 aromatic heterocycles. The zero-order valence-corrected chi connectivity index (χ0v) is 18.4. The van der Waals surface area contributed by atoms with Gasteiger partial charge in [-0.1, -0.05) is 48.0 Å². The Kier molecular flexibility index (Phi) is 6.65. The van der Waals surface area contributed by atoms with Gasteiger partial charge in [-0.05, 0) is 43.3 Å². The summed E-state index contributed by atoms with van der Waals surface area (Å²) < 4.78 is 7.01. The van der Waals surface area contributed by atoms with Crippen LogP contribution in [0.4, 0.5) is 0 Å². The summed E-state index contributed by atoms with van der Waals surface area (Å²) in [5.41, 5.74) is 8.76. The van der Waals surface area contributed by atoms with Crippen LogP contribution in [0.15, 0.2) is 85.1 Å². The molecular formula is C26H21N5O3. The van der Waals surface area contributed by atoms with E-state index >= 15 is 0 Å². The quantitative estimate of drug-likeness (QED) is 0.436. The third kappa shape index (κ3) is 5.29. The lowest BCUT2D eigenvalue weighted by Gasteiger charge is -2.09. The molecule has 2 amide bonds. The second-order valence-electron chi connectivity index (χ2n) is 7.46. The molecule has 0 unspecified atom stereocenters. The van der Waals surface area contributed by atoms with Gasteiger partial charge in [-0.15, -0.1) is 0 Å². The van der Waals surface area contributed by atoms with Crippen molar-refractivity contribution >= 4 is 11.8 Å². The number of nitrogens with zero attached hydrogens (tertiary/aromatic N) is 3. The molecule has 4 rings (SSSR count). The van der Waals surface area contributed by atoms with Gasteiger partial charge >= 0.3 is 0 Å². The van der Waals surface area contributed by atoms with Crippen molar-refractivity contribution in [2.75, 3.05) is 6.61 Å². The van der Waals surface area contributed by atoms with Gasteiger partial charge in [0, 0.05) is 11.8 Å². The minimum Gasteiger partial charge on any atom is -0.484 e. The monoisotopic (exact) mass is 451 g/mol.